The first-order chi connectivity index (χ1) is 18.7. The number of anilines is 1. The van der Waals surface area contributed by atoms with Gasteiger partial charge in [-0.3, -0.25) is 28.9 Å². The smallest absolute Gasteiger partial charge is 0.326 e. The van der Waals surface area contributed by atoms with Gasteiger partial charge in [-0.2, -0.15) is 0 Å². The second-order valence-corrected chi connectivity index (χ2v) is 10.4. The van der Waals surface area contributed by atoms with Crippen LogP contribution in [-0.2, 0) is 39.9 Å². The molecule has 10 nitrogen and oxygen atoms in total. The molecule has 1 aromatic carbocycles. The van der Waals surface area contributed by atoms with Gasteiger partial charge >= 0.3 is 17.9 Å². The highest BCUT2D eigenvalue weighted by atomic mass is 16.5. The molecule has 1 heterocycles. The number of esters is 2. The van der Waals surface area contributed by atoms with Crippen LogP contribution in [0.3, 0.4) is 0 Å². The standard InChI is InChI=1S/C29H40N2O8/c1-3-5-16-39-27(36)21(17-24(32)33)18-29(14-8-9-15-29)28(37)30-22-13-12-20-10-6-7-11-23(20)31(26(22)35)19-25(34)38-4-2/h6-7,10-11,21-22H,3-5,8-9,12-19H2,1-2H3,(H,30,37)(H,32,33)/t21?,22-/m0/s1. The zero-order chi connectivity index (χ0) is 28.4. The summed E-state index contributed by atoms with van der Waals surface area (Å²) < 4.78 is 10.4. The van der Waals surface area contributed by atoms with Gasteiger partial charge in [-0.05, 0) is 57.1 Å². The fraction of sp³-hybridized carbons (Fsp3) is 0.621. The maximum Gasteiger partial charge on any atom is 0.326 e. The molecule has 0 aromatic heterocycles. The number of ether oxygens (including phenoxy) is 2. The number of amides is 2. The number of benzene rings is 1. The van der Waals surface area contributed by atoms with E-state index in [1.807, 2.05) is 19.1 Å². The quantitative estimate of drug-likeness (QED) is 0.285. The molecule has 3 rings (SSSR count). The first kappa shape index (κ1) is 30.1. The van der Waals surface area contributed by atoms with Crippen LogP contribution >= 0.6 is 0 Å². The Labute approximate surface area is 229 Å². The second kappa shape index (κ2) is 14.1. The lowest BCUT2D eigenvalue weighted by atomic mass is 9.75. The lowest BCUT2D eigenvalue weighted by Crippen LogP contribution is -2.53. The van der Waals surface area contributed by atoms with E-state index in [2.05, 4.69) is 5.32 Å². The molecule has 2 N–H and O–H groups in total. The number of hydrogen-bond donors (Lipinski definition) is 2. The van der Waals surface area contributed by atoms with Crippen molar-refractivity contribution in [1.29, 1.82) is 0 Å². The molecule has 2 amide bonds. The normalized spacial score (nSPS) is 19.0. The van der Waals surface area contributed by atoms with E-state index < -0.39 is 47.6 Å². The van der Waals surface area contributed by atoms with Gasteiger partial charge in [0.2, 0.25) is 11.8 Å². The molecule has 0 saturated heterocycles. The first-order valence-electron chi connectivity index (χ1n) is 13.9. The Morgan fingerprint density at radius 2 is 1.85 bits per heavy atom. The zero-order valence-corrected chi connectivity index (χ0v) is 22.9. The number of carbonyl (C=O) groups is 5. The van der Waals surface area contributed by atoms with Crippen LogP contribution in [0.4, 0.5) is 5.69 Å². The molecule has 1 saturated carbocycles. The van der Waals surface area contributed by atoms with Gasteiger partial charge in [0.1, 0.15) is 12.6 Å². The summed E-state index contributed by atoms with van der Waals surface area (Å²) in [6.07, 6.45) is 4.49. The van der Waals surface area contributed by atoms with Crippen LogP contribution in [0.5, 0.6) is 0 Å². The fourth-order valence-corrected chi connectivity index (χ4v) is 5.59. The first-order valence-corrected chi connectivity index (χ1v) is 13.9. The summed E-state index contributed by atoms with van der Waals surface area (Å²) in [6, 6.07) is 6.44. The van der Waals surface area contributed by atoms with E-state index in [4.69, 9.17) is 9.47 Å². The van der Waals surface area contributed by atoms with E-state index in [1.165, 1.54) is 4.90 Å². The Morgan fingerprint density at radius 3 is 2.51 bits per heavy atom. The highest BCUT2D eigenvalue weighted by Crippen LogP contribution is 2.44. The molecule has 1 aliphatic carbocycles. The van der Waals surface area contributed by atoms with Gasteiger partial charge in [-0.15, -0.1) is 0 Å². The van der Waals surface area contributed by atoms with E-state index >= 15 is 0 Å². The topological polar surface area (TPSA) is 139 Å². The molecule has 39 heavy (non-hydrogen) atoms. The van der Waals surface area contributed by atoms with Crippen LogP contribution in [0.25, 0.3) is 0 Å². The summed E-state index contributed by atoms with van der Waals surface area (Å²) in [7, 11) is 0. The highest BCUT2D eigenvalue weighted by molar-refractivity contribution is 6.03. The molecule has 1 fully saturated rings. The molecule has 2 atom stereocenters. The van der Waals surface area contributed by atoms with Crippen molar-refractivity contribution in [2.45, 2.75) is 84.1 Å². The SMILES string of the molecule is CCCCOC(=O)C(CC(=O)O)CC1(C(=O)N[C@H]2CCc3ccccc3N(CC(=O)OCC)C2=O)CCCC1. The fourth-order valence-electron chi connectivity index (χ4n) is 5.59. The third-order valence-electron chi connectivity index (χ3n) is 7.62. The highest BCUT2D eigenvalue weighted by Gasteiger charge is 2.46. The van der Waals surface area contributed by atoms with Gasteiger partial charge in [0.25, 0.3) is 0 Å². The summed E-state index contributed by atoms with van der Waals surface area (Å²) in [6.45, 7) is 3.77. The molecule has 10 heteroatoms. The number of rotatable bonds is 13. The molecular weight excluding hydrogens is 504 g/mol. The van der Waals surface area contributed by atoms with E-state index in [0.29, 0.717) is 37.8 Å². The van der Waals surface area contributed by atoms with Crippen LogP contribution in [0, 0.1) is 11.3 Å². The number of carboxylic acids is 1. The average Bonchev–Trinajstić information content (AvgIpc) is 3.34. The number of hydrogen-bond acceptors (Lipinski definition) is 7. The minimum absolute atomic E-state index is 0.0454. The van der Waals surface area contributed by atoms with Crippen LogP contribution < -0.4 is 10.2 Å². The number of para-hydroxylation sites is 1. The van der Waals surface area contributed by atoms with Gasteiger partial charge < -0.3 is 19.9 Å². The van der Waals surface area contributed by atoms with Gasteiger partial charge in [0.05, 0.1) is 31.0 Å². The Morgan fingerprint density at radius 1 is 1.13 bits per heavy atom. The van der Waals surface area contributed by atoms with Crippen LogP contribution in [0.1, 0.15) is 77.2 Å². The lowest BCUT2D eigenvalue weighted by molar-refractivity contribution is -0.155. The Kier molecular flexibility index (Phi) is 10.9. The van der Waals surface area contributed by atoms with Crippen molar-refractivity contribution in [3.05, 3.63) is 29.8 Å². The van der Waals surface area contributed by atoms with Crippen molar-refractivity contribution in [2.24, 2.45) is 11.3 Å². The number of nitrogens with one attached hydrogen (secondary N) is 1. The minimum Gasteiger partial charge on any atom is -0.481 e. The molecule has 1 unspecified atom stereocenters. The lowest BCUT2D eigenvalue weighted by Gasteiger charge is -2.33. The number of fused-ring (bicyclic) bond motifs is 1. The monoisotopic (exact) mass is 544 g/mol. The molecule has 214 valence electrons. The molecule has 0 bridgehead atoms. The second-order valence-electron chi connectivity index (χ2n) is 10.4. The van der Waals surface area contributed by atoms with Gasteiger partial charge in [0.15, 0.2) is 0 Å². The molecule has 0 radical (unpaired) electrons. The predicted octanol–water partition coefficient (Wildman–Crippen LogP) is 3.40. The zero-order valence-electron chi connectivity index (χ0n) is 22.9. The number of unbranched alkanes of at least 4 members (excludes halogenated alkanes) is 1. The van der Waals surface area contributed by atoms with Crippen molar-refractivity contribution >= 4 is 35.4 Å². The Bertz CT molecular complexity index is 1050. The summed E-state index contributed by atoms with van der Waals surface area (Å²) in [5.41, 5.74) is 0.521. The Balaban J connectivity index is 1.81. The maximum atomic E-state index is 13.8. The average molecular weight is 545 g/mol. The third kappa shape index (κ3) is 7.80. The van der Waals surface area contributed by atoms with E-state index in [9.17, 15) is 29.1 Å². The predicted molar refractivity (Wildman–Crippen MR) is 143 cm³/mol. The largest absolute Gasteiger partial charge is 0.481 e. The summed E-state index contributed by atoms with van der Waals surface area (Å²) >= 11 is 0. The van der Waals surface area contributed by atoms with E-state index in [-0.39, 0.29) is 32.1 Å². The summed E-state index contributed by atoms with van der Waals surface area (Å²) in [5, 5.41) is 12.4. The number of aryl methyl sites for hydroxylation is 1. The van der Waals surface area contributed by atoms with Crippen molar-refractivity contribution in [3.8, 4) is 0 Å². The summed E-state index contributed by atoms with van der Waals surface area (Å²) in [5.74, 6) is -4.01. The van der Waals surface area contributed by atoms with Crippen LogP contribution in [-0.4, -0.2) is 60.6 Å². The van der Waals surface area contributed by atoms with Crippen molar-refractivity contribution in [2.75, 3.05) is 24.7 Å². The molecule has 0 spiro atoms. The molecule has 1 aromatic rings. The summed E-state index contributed by atoms with van der Waals surface area (Å²) in [4.78, 5) is 65.6. The molecule has 1 aliphatic heterocycles. The van der Waals surface area contributed by atoms with E-state index in [0.717, 1.165) is 24.8 Å². The number of nitrogens with zero attached hydrogens (tertiary/aromatic N) is 1. The van der Waals surface area contributed by atoms with Gasteiger partial charge in [-0.1, -0.05) is 44.4 Å². The van der Waals surface area contributed by atoms with Crippen molar-refractivity contribution in [3.63, 3.8) is 0 Å². The Hall–Kier alpha value is -3.43. The van der Waals surface area contributed by atoms with Crippen molar-refractivity contribution < 1.29 is 38.6 Å². The number of aliphatic carboxylic acids is 1. The third-order valence-corrected chi connectivity index (χ3v) is 7.62. The minimum atomic E-state index is -1.13. The number of carbonyl (C=O) groups excluding carboxylic acids is 4. The molecular formula is C29H40N2O8. The molecule has 2 aliphatic rings. The van der Waals surface area contributed by atoms with Crippen LogP contribution in [0.15, 0.2) is 24.3 Å². The van der Waals surface area contributed by atoms with Crippen molar-refractivity contribution in [1.82, 2.24) is 5.32 Å². The maximum absolute atomic E-state index is 13.8. The number of carboxylic acid groups (broad SMARTS) is 1. The van der Waals surface area contributed by atoms with Crippen LogP contribution in [0.2, 0.25) is 0 Å². The van der Waals surface area contributed by atoms with Gasteiger partial charge in [0, 0.05) is 5.69 Å². The van der Waals surface area contributed by atoms with E-state index in [1.54, 1.807) is 19.1 Å². The van der Waals surface area contributed by atoms with Gasteiger partial charge in [-0.25, -0.2) is 0 Å².